The average Bonchev–Trinajstić information content (AvgIpc) is 3.08. The lowest BCUT2D eigenvalue weighted by molar-refractivity contribution is 0.579. The van der Waals surface area contributed by atoms with E-state index in [0.29, 0.717) is 39.8 Å². The van der Waals surface area contributed by atoms with E-state index in [9.17, 15) is 13.2 Å². The standard InChI is InChI=1S/C23H20Cl2N2O3S2/c24-18-9-7-16(8-10-18)4-3-13-26-32(29,30)19-11-12-21-22(14-19)31-23(28)27(21)15-17-5-1-2-6-20(17)25/h1-2,5-12,14,26H,3-4,13,15H2. The van der Waals surface area contributed by atoms with Crippen LogP contribution in [0.3, 0.4) is 0 Å². The number of hydrogen-bond donors (Lipinski definition) is 1. The summed E-state index contributed by atoms with van der Waals surface area (Å²) < 4.78 is 30.3. The van der Waals surface area contributed by atoms with Crippen molar-refractivity contribution in [3.63, 3.8) is 0 Å². The van der Waals surface area contributed by atoms with Crippen LogP contribution in [-0.4, -0.2) is 19.5 Å². The molecule has 9 heteroatoms. The number of halogens is 2. The molecule has 32 heavy (non-hydrogen) atoms. The van der Waals surface area contributed by atoms with Crippen LogP contribution in [0.5, 0.6) is 0 Å². The topological polar surface area (TPSA) is 68.2 Å². The predicted molar refractivity (Wildman–Crippen MR) is 132 cm³/mol. The molecule has 0 radical (unpaired) electrons. The van der Waals surface area contributed by atoms with E-state index >= 15 is 0 Å². The molecule has 4 aromatic rings. The zero-order valence-electron chi connectivity index (χ0n) is 16.9. The van der Waals surface area contributed by atoms with E-state index in [1.165, 1.54) is 6.07 Å². The molecule has 1 aromatic heterocycles. The maximum atomic E-state index is 12.7. The van der Waals surface area contributed by atoms with Gasteiger partial charge in [-0.25, -0.2) is 13.1 Å². The van der Waals surface area contributed by atoms with E-state index in [2.05, 4.69) is 4.72 Å². The van der Waals surface area contributed by atoms with Crippen molar-refractivity contribution >= 4 is 54.8 Å². The molecule has 0 atom stereocenters. The van der Waals surface area contributed by atoms with Crippen molar-refractivity contribution in [3.05, 3.63) is 97.6 Å². The molecule has 0 amide bonds. The van der Waals surface area contributed by atoms with Gasteiger partial charge < -0.3 is 0 Å². The van der Waals surface area contributed by atoms with Crippen LogP contribution < -0.4 is 9.60 Å². The first-order valence-electron chi connectivity index (χ1n) is 9.94. The second-order valence-electron chi connectivity index (χ2n) is 7.30. The maximum absolute atomic E-state index is 12.7. The highest BCUT2D eigenvalue weighted by Crippen LogP contribution is 2.24. The zero-order valence-corrected chi connectivity index (χ0v) is 20.1. The highest BCUT2D eigenvalue weighted by molar-refractivity contribution is 7.89. The van der Waals surface area contributed by atoms with Crippen LogP contribution in [0.2, 0.25) is 10.0 Å². The van der Waals surface area contributed by atoms with Gasteiger partial charge in [0.2, 0.25) is 10.0 Å². The number of rotatable bonds is 8. The number of aryl methyl sites for hydroxylation is 1. The van der Waals surface area contributed by atoms with Crippen LogP contribution in [0.1, 0.15) is 17.5 Å². The first-order valence-corrected chi connectivity index (χ1v) is 13.0. The first kappa shape index (κ1) is 23.0. The van der Waals surface area contributed by atoms with Crippen LogP contribution >= 0.6 is 34.5 Å². The smallest absolute Gasteiger partial charge is 0.294 e. The Hall–Kier alpha value is -2.16. The van der Waals surface area contributed by atoms with Crippen molar-refractivity contribution in [1.82, 2.24) is 9.29 Å². The second kappa shape index (κ2) is 9.77. The molecule has 0 aliphatic rings. The van der Waals surface area contributed by atoms with Crippen LogP contribution in [0.4, 0.5) is 0 Å². The van der Waals surface area contributed by atoms with E-state index in [1.54, 1.807) is 22.8 Å². The molecule has 1 heterocycles. The van der Waals surface area contributed by atoms with Gasteiger partial charge in [0, 0.05) is 16.6 Å². The van der Waals surface area contributed by atoms with Crippen molar-refractivity contribution in [1.29, 1.82) is 0 Å². The van der Waals surface area contributed by atoms with Crippen LogP contribution in [0, 0.1) is 0 Å². The number of hydrogen-bond acceptors (Lipinski definition) is 4. The quantitative estimate of drug-likeness (QED) is 0.328. The van der Waals surface area contributed by atoms with E-state index in [-0.39, 0.29) is 9.77 Å². The fraction of sp³-hybridized carbons (Fsp3) is 0.174. The third-order valence-electron chi connectivity index (χ3n) is 5.08. The SMILES string of the molecule is O=c1sc2cc(S(=O)(=O)NCCCc3ccc(Cl)cc3)ccc2n1Cc1ccccc1Cl. The summed E-state index contributed by atoms with van der Waals surface area (Å²) in [5, 5.41) is 1.26. The molecule has 4 rings (SSSR count). The molecule has 0 bridgehead atoms. The monoisotopic (exact) mass is 506 g/mol. The molecule has 0 saturated carbocycles. The number of sulfonamides is 1. The number of fused-ring (bicyclic) bond motifs is 1. The van der Waals surface area contributed by atoms with Gasteiger partial charge in [0.05, 0.1) is 21.7 Å². The highest BCUT2D eigenvalue weighted by atomic mass is 35.5. The van der Waals surface area contributed by atoms with E-state index < -0.39 is 10.0 Å². The average molecular weight is 507 g/mol. The summed E-state index contributed by atoms with van der Waals surface area (Å²) in [6.45, 7) is 0.639. The summed E-state index contributed by atoms with van der Waals surface area (Å²) >= 11 is 13.1. The van der Waals surface area contributed by atoms with Gasteiger partial charge in [-0.3, -0.25) is 9.36 Å². The number of benzene rings is 3. The van der Waals surface area contributed by atoms with Crippen molar-refractivity contribution < 1.29 is 8.42 Å². The lowest BCUT2D eigenvalue weighted by atomic mass is 10.1. The van der Waals surface area contributed by atoms with E-state index in [4.69, 9.17) is 23.2 Å². The van der Waals surface area contributed by atoms with Gasteiger partial charge in [0.15, 0.2) is 0 Å². The van der Waals surface area contributed by atoms with Gasteiger partial charge in [0.1, 0.15) is 0 Å². The largest absolute Gasteiger partial charge is 0.308 e. The Labute approximate surface area is 200 Å². The van der Waals surface area contributed by atoms with Crippen molar-refractivity contribution in [2.24, 2.45) is 0 Å². The molecule has 0 saturated heterocycles. The minimum Gasteiger partial charge on any atom is -0.294 e. The Kier molecular flexibility index (Phi) is 7.02. The minimum atomic E-state index is -3.68. The van der Waals surface area contributed by atoms with Crippen LogP contribution in [0.15, 0.2) is 76.4 Å². The van der Waals surface area contributed by atoms with Crippen LogP contribution in [-0.2, 0) is 23.0 Å². The van der Waals surface area contributed by atoms with Gasteiger partial charge in [-0.15, -0.1) is 0 Å². The summed E-state index contributed by atoms with van der Waals surface area (Å²) in [4.78, 5) is 12.5. The molecule has 0 aliphatic carbocycles. The predicted octanol–water partition coefficient (Wildman–Crippen LogP) is 5.33. The van der Waals surface area contributed by atoms with Crippen molar-refractivity contribution in [3.8, 4) is 0 Å². The minimum absolute atomic E-state index is 0.141. The molecule has 0 spiro atoms. The first-order chi connectivity index (χ1) is 15.3. The van der Waals surface area contributed by atoms with Gasteiger partial charge in [-0.05, 0) is 60.4 Å². The molecule has 166 valence electrons. The van der Waals surface area contributed by atoms with Gasteiger partial charge in [-0.1, -0.05) is 64.9 Å². The van der Waals surface area contributed by atoms with Crippen molar-refractivity contribution in [2.75, 3.05) is 6.54 Å². The summed E-state index contributed by atoms with van der Waals surface area (Å²) in [5.41, 5.74) is 2.61. The fourth-order valence-electron chi connectivity index (χ4n) is 3.39. The van der Waals surface area contributed by atoms with E-state index in [0.717, 1.165) is 28.9 Å². The Morgan fingerprint density at radius 1 is 0.969 bits per heavy atom. The Morgan fingerprint density at radius 2 is 1.72 bits per heavy atom. The maximum Gasteiger partial charge on any atom is 0.308 e. The Morgan fingerprint density at radius 3 is 2.47 bits per heavy atom. The van der Waals surface area contributed by atoms with Crippen molar-refractivity contribution in [2.45, 2.75) is 24.3 Å². The number of nitrogens with zero attached hydrogens (tertiary/aromatic N) is 1. The third kappa shape index (κ3) is 5.24. The molecule has 5 nitrogen and oxygen atoms in total. The highest BCUT2D eigenvalue weighted by Gasteiger charge is 2.17. The molecule has 0 fully saturated rings. The summed E-state index contributed by atoms with van der Waals surface area (Å²) in [6.07, 6.45) is 1.40. The molecule has 0 unspecified atom stereocenters. The number of nitrogens with one attached hydrogen (secondary N) is 1. The normalized spacial score (nSPS) is 11.8. The zero-order chi connectivity index (χ0) is 22.7. The molecule has 0 aliphatic heterocycles. The summed E-state index contributed by atoms with van der Waals surface area (Å²) in [6, 6.07) is 19.6. The number of thiazole rings is 1. The second-order valence-corrected chi connectivity index (χ2v) is 10.9. The lowest BCUT2D eigenvalue weighted by Gasteiger charge is -2.08. The summed E-state index contributed by atoms with van der Waals surface area (Å²) in [7, 11) is -3.68. The number of aromatic nitrogens is 1. The molecule has 3 aromatic carbocycles. The Balaban J connectivity index is 1.47. The molecular formula is C23H20Cl2N2O3S2. The Bertz CT molecular complexity index is 1410. The van der Waals surface area contributed by atoms with Gasteiger partial charge in [-0.2, -0.15) is 0 Å². The fourth-order valence-corrected chi connectivity index (χ4v) is 5.82. The third-order valence-corrected chi connectivity index (χ3v) is 8.11. The lowest BCUT2D eigenvalue weighted by Crippen LogP contribution is -2.25. The van der Waals surface area contributed by atoms with Crippen LogP contribution in [0.25, 0.3) is 10.2 Å². The van der Waals surface area contributed by atoms with E-state index in [1.807, 2.05) is 42.5 Å². The van der Waals surface area contributed by atoms with Gasteiger partial charge in [0.25, 0.3) is 0 Å². The molecular weight excluding hydrogens is 487 g/mol. The summed E-state index contributed by atoms with van der Waals surface area (Å²) in [5.74, 6) is 0. The molecule has 1 N–H and O–H groups in total. The van der Waals surface area contributed by atoms with Gasteiger partial charge >= 0.3 is 4.87 Å².